The van der Waals surface area contributed by atoms with Crippen LogP contribution in [0.2, 0.25) is 0 Å². The van der Waals surface area contributed by atoms with Crippen molar-refractivity contribution in [3.63, 3.8) is 0 Å². The molecule has 1 aromatic carbocycles. The molecule has 18 heavy (non-hydrogen) atoms. The van der Waals surface area contributed by atoms with Gasteiger partial charge in [-0.1, -0.05) is 25.1 Å². The lowest BCUT2D eigenvalue weighted by Gasteiger charge is -2.29. The van der Waals surface area contributed by atoms with Crippen molar-refractivity contribution in [3.05, 3.63) is 35.6 Å². The van der Waals surface area contributed by atoms with Gasteiger partial charge >= 0.3 is 0 Å². The zero-order valence-electron chi connectivity index (χ0n) is 10.7. The van der Waals surface area contributed by atoms with Gasteiger partial charge in [0.1, 0.15) is 5.82 Å². The maximum atomic E-state index is 13.5. The van der Waals surface area contributed by atoms with Gasteiger partial charge in [-0.05, 0) is 18.1 Å². The minimum Gasteiger partial charge on any atom is -0.340 e. The highest BCUT2D eigenvalue weighted by atomic mass is 19.1. The minimum absolute atomic E-state index is 0.125. The summed E-state index contributed by atoms with van der Waals surface area (Å²) in [5, 5.41) is 3.21. The smallest absolute Gasteiger partial charge is 0.225 e. The first-order valence-electron chi connectivity index (χ1n) is 6.41. The molecule has 1 saturated heterocycles. The average molecular weight is 250 g/mol. The second kappa shape index (κ2) is 5.96. The van der Waals surface area contributed by atoms with Crippen LogP contribution in [0.4, 0.5) is 4.39 Å². The van der Waals surface area contributed by atoms with Gasteiger partial charge < -0.3 is 10.2 Å². The second-order valence-corrected chi connectivity index (χ2v) is 4.77. The number of nitrogens with zero attached hydrogens (tertiary/aromatic N) is 1. The molecule has 3 nitrogen and oxygen atoms in total. The highest BCUT2D eigenvalue weighted by Gasteiger charge is 2.22. The van der Waals surface area contributed by atoms with Crippen LogP contribution in [-0.4, -0.2) is 37.0 Å². The van der Waals surface area contributed by atoms with Crippen LogP contribution in [-0.2, 0) is 11.2 Å². The molecule has 2 rings (SSSR count). The normalized spacial score (nSPS) is 17.6. The largest absolute Gasteiger partial charge is 0.340 e. The Bertz CT molecular complexity index is 416. The standard InChI is InChI=1S/C14H19FN2O/c1-11(10-12-4-2-3-5-13(12)15)14(18)17-8-6-16-7-9-17/h2-5,11,16H,6-10H2,1H3. The van der Waals surface area contributed by atoms with Crippen molar-refractivity contribution < 1.29 is 9.18 Å². The van der Waals surface area contributed by atoms with Gasteiger partial charge in [-0.3, -0.25) is 4.79 Å². The molecule has 1 fully saturated rings. The number of halogens is 1. The zero-order chi connectivity index (χ0) is 13.0. The molecular formula is C14H19FN2O. The van der Waals surface area contributed by atoms with Gasteiger partial charge in [0.15, 0.2) is 0 Å². The lowest BCUT2D eigenvalue weighted by Crippen LogP contribution is -2.48. The third kappa shape index (κ3) is 3.07. The number of nitrogens with one attached hydrogen (secondary N) is 1. The Morgan fingerprint density at radius 1 is 1.39 bits per heavy atom. The van der Waals surface area contributed by atoms with Crippen LogP contribution < -0.4 is 5.32 Å². The Hall–Kier alpha value is -1.42. The summed E-state index contributed by atoms with van der Waals surface area (Å²) in [6.45, 7) is 5.06. The van der Waals surface area contributed by atoms with E-state index in [4.69, 9.17) is 0 Å². The Morgan fingerprint density at radius 2 is 2.06 bits per heavy atom. The summed E-state index contributed by atoms with van der Waals surface area (Å²) in [5.74, 6) is -0.266. The molecule has 4 heteroatoms. The number of rotatable bonds is 3. The van der Waals surface area contributed by atoms with Crippen LogP contribution in [0.5, 0.6) is 0 Å². The van der Waals surface area contributed by atoms with E-state index in [-0.39, 0.29) is 17.6 Å². The Balaban J connectivity index is 1.96. The summed E-state index contributed by atoms with van der Waals surface area (Å²) in [6, 6.07) is 6.66. The van der Waals surface area contributed by atoms with Crippen molar-refractivity contribution in [1.82, 2.24) is 10.2 Å². The fraction of sp³-hybridized carbons (Fsp3) is 0.500. The van der Waals surface area contributed by atoms with Crippen LogP contribution in [0, 0.1) is 11.7 Å². The van der Waals surface area contributed by atoms with Gasteiger partial charge in [0, 0.05) is 32.1 Å². The molecule has 0 saturated carbocycles. The highest BCUT2D eigenvalue weighted by molar-refractivity contribution is 5.79. The summed E-state index contributed by atoms with van der Waals surface area (Å²) in [4.78, 5) is 14.1. The van der Waals surface area contributed by atoms with E-state index in [1.807, 2.05) is 11.8 Å². The van der Waals surface area contributed by atoms with E-state index >= 15 is 0 Å². The lowest BCUT2D eigenvalue weighted by atomic mass is 9.99. The summed E-state index contributed by atoms with van der Waals surface area (Å²) < 4.78 is 13.5. The minimum atomic E-state index is -0.225. The van der Waals surface area contributed by atoms with Gasteiger partial charge in [0.05, 0.1) is 0 Å². The Kier molecular flexibility index (Phi) is 4.31. The van der Waals surface area contributed by atoms with E-state index in [9.17, 15) is 9.18 Å². The van der Waals surface area contributed by atoms with Crippen LogP contribution >= 0.6 is 0 Å². The molecule has 0 bridgehead atoms. The van der Waals surface area contributed by atoms with Crippen molar-refractivity contribution in [3.8, 4) is 0 Å². The van der Waals surface area contributed by atoms with Gasteiger partial charge in [-0.25, -0.2) is 4.39 Å². The quantitative estimate of drug-likeness (QED) is 0.880. The van der Waals surface area contributed by atoms with Crippen molar-refractivity contribution >= 4 is 5.91 Å². The molecule has 1 amide bonds. The molecule has 0 aromatic heterocycles. The molecule has 1 aromatic rings. The van der Waals surface area contributed by atoms with Gasteiger partial charge in [0.2, 0.25) is 5.91 Å². The maximum Gasteiger partial charge on any atom is 0.225 e. The predicted octanol–water partition coefficient (Wildman–Crippen LogP) is 1.44. The van der Waals surface area contributed by atoms with Crippen LogP contribution in [0.1, 0.15) is 12.5 Å². The van der Waals surface area contributed by atoms with Gasteiger partial charge in [0.25, 0.3) is 0 Å². The average Bonchev–Trinajstić information content (AvgIpc) is 2.41. The third-order valence-corrected chi connectivity index (χ3v) is 3.33. The number of carbonyl (C=O) groups is 1. The molecule has 1 heterocycles. The second-order valence-electron chi connectivity index (χ2n) is 4.77. The summed E-state index contributed by atoms with van der Waals surface area (Å²) in [5.41, 5.74) is 0.619. The molecule has 1 unspecified atom stereocenters. The van der Waals surface area contributed by atoms with Crippen LogP contribution in [0.3, 0.4) is 0 Å². The highest BCUT2D eigenvalue weighted by Crippen LogP contribution is 2.14. The van der Waals surface area contributed by atoms with Crippen molar-refractivity contribution in [2.45, 2.75) is 13.3 Å². The summed E-state index contributed by atoms with van der Waals surface area (Å²) in [6.07, 6.45) is 0.468. The number of amides is 1. The molecule has 1 atom stereocenters. The number of hydrogen-bond donors (Lipinski definition) is 1. The first-order valence-corrected chi connectivity index (χ1v) is 6.41. The Labute approximate surface area is 107 Å². The number of piperazine rings is 1. The first-order chi connectivity index (χ1) is 8.68. The zero-order valence-corrected chi connectivity index (χ0v) is 10.7. The Morgan fingerprint density at radius 3 is 2.72 bits per heavy atom. The molecule has 0 aliphatic carbocycles. The summed E-state index contributed by atoms with van der Waals surface area (Å²) in [7, 11) is 0. The van der Waals surface area contributed by atoms with Gasteiger partial charge in [-0.15, -0.1) is 0 Å². The molecule has 1 N–H and O–H groups in total. The number of benzene rings is 1. The topological polar surface area (TPSA) is 32.3 Å². The van der Waals surface area contributed by atoms with E-state index in [2.05, 4.69) is 5.32 Å². The SMILES string of the molecule is CC(Cc1ccccc1F)C(=O)N1CCNCC1. The van der Waals surface area contributed by atoms with E-state index in [0.717, 1.165) is 26.2 Å². The predicted molar refractivity (Wildman–Crippen MR) is 68.7 cm³/mol. The lowest BCUT2D eigenvalue weighted by molar-refractivity contribution is -0.135. The number of hydrogen-bond acceptors (Lipinski definition) is 2. The first kappa shape index (κ1) is 13.0. The third-order valence-electron chi connectivity index (χ3n) is 3.33. The van der Waals surface area contributed by atoms with E-state index in [1.165, 1.54) is 6.07 Å². The maximum absolute atomic E-state index is 13.5. The fourth-order valence-electron chi connectivity index (χ4n) is 2.28. The van der Waals surface area contributed by atoms with Crippen molar-refractivity contribution in [2.75, 3.05) is 26.2 Å². The van der Waals surface area contributed by atoms with Crippen LogP contribution in [0.15, 0.2) is 24.3 Å². The molecule has 1 aliphatic heterocycles. The molecule has 98 valence electrons. The van der Waals surface area contributed by atoms with Crippen molar-refractivity contribution in [1.29, 1.82) is 0 Å². The van der Waals surface area contributed by atoms with Crippen molar-refractivity contribution in [2.24, 2.45) is 5.92 Å². The monoisotopic (exact) mass is 250 g/mol. The van der Waals surface area contributed by atoms with E-state index < -0.39 is 0 Å². The van der Waals surface area contributed by atoms with Crippen LogP contribution in [0.25, 0.3) is 0 Å². The fourth-order valence-corrected chi connectivity index (χ4v) is 2.28. The molecular weight excluding hydrogens is 231 g/mol. The van der Waals surface area contributed by atoms with E-state index in [0.29, 0.717) is 12.0 Å². The van der Waals surface area contributed by atoms with Gasteiger partial charge in [-0.2, -0.15) is 0 Å². The molecule has 0 radical (unpaired) electrons. The van der Waals surface area contributed by atoms with E-state index in [1.54, 1.807) is 18.2 Å². The number of carbonyl (C=O) groups excluding carboxylic acids is 1. The molecule has 1 aliphatic rings. The molecule has 0 spiro atoms. The summed E-state index contributed by atoms with van der Waals surface area (Å²) >= 11 is 0.